The van der Waals surface area contributed by atoms with E-state index in [4.69, 9.17) is 27.9 Å². The van der Waals surface area contributed by atoms with Crippen LogP contribution in [0, 0.1) is 6.92 Å². The number of methoxy groups -OCH3 is 1. The molecule has 3 amide bonds. The van der Waals surface area contributed by atoms with Crippen molar-refractivity contribution in [1.82, 2.24) is 4.90 Å². The minimum atomic E-state index is -0.377. The summed E-state index contributed by atoms with van der Waals surface area (Å²) in [7, 11) is 1.58. The third-order valence-corrected chi connectivity index (χ3v) is 7.32. The summed E-state index contributed by atoms with van der Waals surface area (Å²) >= 11 is 13.2. The zero-order chi connectivity index (χ0) is 27.2. The highest BCUT2D eigenvalue weighted by Gasteiger charge is 2.38. The van der Waals surface area contributed by atoms with Gasteiger partial charge in [0.25, 0.3) is 17.7 Å². The molecule has 3 aromatic rings. The van der Waals surface area contributed by atoms with Gasteiger partial charge in [-0.25, -0.2) is 0 Å². The molecule has 1 aliphatic rings. The standard InChI is InChI=1S/C28H25Cl2N3O4S/c1-17-4-7-19(8-5-17)31-24-25(28(36)33(27(24)35)14-3-15-37-2)38-21-11-9-20(10-12-21)32-26(34)22-13-6-18(29)16-23(22)30/h4-13,16,31H,3,14-15H2,1-2H3,(H,32,34). The van der Waals surface area contributed by atoms with E-state index in [1.807, 2.05) is 31.2 Å². The molecule has 0 radical (unpaired) electrons. The number of amides is 3. The van der Waals surface area contributed by atoms with Gasteiger partial charge in [-0.3, -0.25) is 19.3 Å². The Balaban J connectivity index is 1.53. The Morgan fingerprint density at radius 1 is 0.947 bits per heavy atom. The zero-order valence-corrected chi connectivity index (χ0v) is 23.0. The first-order valence-electron chi connectivity index (χ1n) is 11.7. The predicted molar refractivity (Wildman–Crippen MR) is 152 cm³/mol. The molecule has 0 unspecified atom stereocenters. The minimum absolute atomic E-state index is 0.232. The van der Waals surface area contributed by atoms with Gasteiger partial charge >= 0.3 is 0 Å². The van der Waals surface area contributed by atoms with Gasteiger partial charge in [0, 0.05) is 41.6 Å². The lowest BCUT2D eigenvalue weighted by molar-refractivity contribution is -0.137. The van der Waals surface area contributed by atoms with Gasteiger partial charge in [-0.15, -0.1) is 0 Å². The van der Waals surface area contributed by atoms with Crippen LogP contribution in [0.1, 0.15) is 22.3 Å². The summed E-state index contributed by atoms with van der Waals surface area (Å²) in [5.41, 5.74) is 2.88. The summed E-state index contributed by atoms with van der Waals surface area (Å²) < 4.78 is 5.08. The quantitative estimate of drug-likeness (QED) is 0.218. The minimum Gasteiger partial charge on any atom is -0.385 e. The first kappa shape index (κ1) is 27.7. The van der Waals surface area contributed by atoms with Crippen LogP contribution in [0.2, 0.25) is 10.0 Å². The highest BCUT2D eigenvalue weighted by atomic mass is 35.5. The Bertz CT molecular complexity index is 1390. The smallest absolute Gasteiger partial charge is 0.278 e. The predicted octanol–water partition coefficient (Wildman–Crippen LogP) is 6.38. The van der Waals surface area contributed by atoms with E-state index in [-0.39, 0.29) is 35.0 Å². The molecule has 3 aromatic carbocycles. The van der Waals surface area contributed by atoms with E-state index in [0.29, 0.717) is 39.9 Å². The fraction of sp³-hybridized carbons (Fsp3) is 0.179. The average Bonchev–Trinajstić information content (AvgIpc) is 3.10. The van der Waals surface area contributed by atoms with Gasteiger partial charge in [0.2, 0.25) is 0 Å². The van der Waals surface area contributed by atoms with Crippen LogP contribution in [-0.4, -0.2) is 42.9 Å². The highest BCUT2D eigenvalue weighted by Crippen LogP contribution is 2.36. The molecule has 7 nitrogen and oxygen atoms in total. The summed E-state index contributed by atoms with van der Waals surface area (Å²) in [5, 5.41) is 6.63. The van der Waals surface area contributed by atoms with Crippen molar-refractivity contribution < 1.29 is 19.1 Å². The molecule has 10 heteroatoms. The van der Waals surface area contributed by atoms with Crippen LogP contribution in [-0.2, 0) is 14.3 Å². The molecular formula is C28H25Cl2N3O4S. The number of carbonyl (C=O) groups excluding carboxylic acids is 3. The van der Waals surface area contributed by atoms with Crippen LogP contribution in [0.3, 0.4) is 0 Å². The normalized spacial score (nSPS) is 13.3. The van der Waals surface area contributed by atoms with E-state index in [2.05, 4.69) is 10.6 Å². The molecule has 0 spiro atoms. The van der Waals surface area contributed by atoms with Crippen LogP contribution < -0.4 is 10.6 Å². The second kappa shape index (κ2) is 12.5. The van der Waals surface area contributed by atoms with E-state index in [1.54, 1.807) is 43.5 Å². The largest absolute Gasteiger partial charge is 0.385 e. The number of aryl methyl sites for hydroxylation is 1. The van der Waals surface area contributed by atoms with E-state index < -0.39 is 0 Å². The van der Waals surface area contributed by atoms with Crippen LogP contribution in [0.25, 0.3) is 0 Å². The molecule has 2 N–H and O–H groups in total. The van der Waals surface area contributed by atoms with Gasteiger partial charge in [0.1, 0.15) is 10.6 Å². The fourth-order valence-corrected chi connectivity index (χ4v) is 5.15. The molecule has 0 aromatic heterocycles. The highest BCUT2D eigenvalue weighted by molar-refractivity contribution is 8.04. The van der Waals surface area contributed by atoms with Crippen molar-refractivity contribution in [2.24, 2.45) is 0 Å². The van der Waals surface area contributed by atoms with Gasteiger partial charge in [0.05, 0.1) is 10.6 Å². The number of halogens is 2. The summed E-state index contributed by atoms with van der Waals surface area (Å²) in [4.78, 5) is 41.3. The van der Waals surface area contributed by atoms with Crippen LogP contribution in [0.5, 0.6) is 0 Å². The summed E-state index contributed by atoms with van der Waals surface area (Å²) in [5.74, 6) is -1.11. The zero-order valence-electron chi connectivity index (χ0n) is 20.7. The number of ether oxygens (including phenoxy) is 1. The molecule has 0 saturated carbocycles. The van der Waals surface area contributed by atoms with E-state index in [1.165, 1.54) is 22.7 Å². The lowest BCUT2D eigenvalue weighted by Crippen LogP contribution is -2.33. The van der Waals surface area contributed by atoms with Gasteiger partial charge in [-0.05, 0) is 67.9 Å². The number of hydrogen-bond donors (Lipinski definition) is 2. The summed E-state index contributed by atoms with van der Waals surface area (Å²) in [6.45, 7) is 2.67. The van der Waals surface area contributed by atoms with Crippen molar-refractivity contribution in [3.05, 3.63) is 98.5 Å². The molecule has 0 saturated heterocycles. The van der Waals surface area contributed by atoms with Crippen molar-refractivity contribution >= 4 is 64.1 Å². The van der Waals surface area contributed by atoms with Gasteiger partial charge < -0.3 is 15.4 Å². The molecule has 0 bridgehead atoms. The molecule has 0 atom stereocenters. The number of benzene rings is 3. The Kier molecular flexibility index (Phi) is 9.12. The van der Waals surface area contributed by atoms with Gasteiger partial charge in [-0.2, -0.15) is 0 Å². The van der Waals surface area contributed by atoms with Crippen LogP contribution in [0.4, 0.5) is 11.4 Å². The third kappa shape index (κ3) is 6.57. The Hall–Kier alpha value is -3.30. The maximum absolute atomic E-state index is 13.3. The monoisotopic (exact) mass is 569 g/mol. The number of imide groups is 1. The first-order valence-corrected chi connectivity index (χ1v) is 13.3. The topological polar surface area (TPSA) is 87.7 Å². The molecule has 38 heavy (non-hydrogen) atoms. The SMILES string of the molecule is COCCCN1C(=O)C(Nc2ccc(C)cc2)=C(Sc2ccc(NC(=O)c3ccc(Cl)cc3Cl)cc2)C1=O. The second-order valence-electron chi connectivity index (χ2n) is 8.51. The van der Waals surface area contributed by atoms with Crippen molar-refractivity contribution in [2.45, 2.75) is 18.2 Å². The van der Waals surface area contributed by atoms with Crippen molar-refractivity contribution in [2.75, 3.05) is 30.9 Å². The van der Waals surface area contributed by atoms with E-state index in [0.717, 1.165) is 10.5 Å². The number of hydrogen-bond acceptors (Lipinski definition) is 6. The molecule has 1 aliphatic heterocycles. The van der Waals surface area contributed by atoms with Crippen molar-refractivity contribution in [3.63, 3.8) is 0 Å². The Morgan fingerprint density at radius 3 is 2.29 bits per heavy atom. The Morgan fingerprint density at radius 2 is 1.63 bits per heavy atom. The van der Waals surface area contributed by atoms with Gasteiger partial charge in [0.15, 0.2) is 0 Å². The number of nitrogens with one attached hydrogen (secondary N) is 2. The van der Waals surface area contributed by atoms with Crippen LogP contribution >= 0.6 is 35.0 Å². The lowest BCUT2D eigenvalue weighted by atomic mass is 10.2. The molecule has 196 valence electrons. The lowest BCUT2D eigenvalue weighted by Gasteiger charge is -2.14. The average molecular weight is 570 g/mol. The first-order chi connectivity index (χ1) is 18.3. The van der Waals surface area contributed by atoms with Gasteiger partial charge in [-0.1, -0.05) is 52.7 Å². The number of thioether (sulfide) groups is 1. The maximum atomic E-state index is 13.3. The maximum Gasteiger partial charge on any atom is 0.278 e. The van der Waals surface area contributed by atoms with E-state index in [9.17, 15) is 14.4 Å². The number of anilines is 2. The molecule has 4 rings (SSSR count). The summed E-state index contributed by atoms with van der Waals surface area (Å²) in [6.07, 6.45) is 0.537. The number of carbonyl (C=O) groups is 3. The van der Waals surface area contributed by atoms with E-state index >= 15 is 0 Å². The molecular weight excluding hydrogens is 545 g/mol. The van der Waals surface area contributed by atoms with Crippen LogP contribution in [0.15, 0.2) is 82.2 Å². The second-order valence-corrected chi connectivity index (χ2v) is 10.4. The van der Waals surface area contributed by atoms with Crippen molar-refractivity contribution in [1.29, 1.82) is 0 Å². The van der Waals surface area contributed by atoms with Crippen molar-refractivity contribution in [3.8, 4) is 0 Å². The Labute approximate surface area is 235 Å². The fourth-order valence-electron chi connectivity index (χ4n) is 3.71. The molecule has 1 heterocycles. The number of rotatable bonds is 10. The molecule has 0 fully saturated rings. The number of nitrogens with zero attached hydrogens (tertiary/aromatic N) is 1. The third-order valence-electron chi connectivity index (χ3n) is 5.68. The summed E-state index contributed by atoms with van der Waals surface area (Å²) in [6, 6.07) is 19.2. The molecule has 0 aliphatic carbocycles.